The summed E-state index contributed by atoms with van der Waals surface area (Å²) in [6.07, 6.45) is 0. The molecule has 7 heteroatoms. The first-order valence-corrected chi connectivity index (χ1v) is 10.4. The van der Waals surface area contributed by atoms with E-state index in [0.29, 0.717) is 17.9 Å². The SMILES string of the molecule is CCS(=O)(=O)C1CSCCN1C(=O)c1cc(Br)ccc1C. The Morgan fingerprint density at radius 2 is 2.19 bits per heavy atom. The van der Waals surface area contributed by atoms with Gasteiger partial charge in [0.15, 0.2) is 9.84 Å². The number of hydrogen-bond donors (Lipinski definition) is 0. The van der Waals surface area contributed by atoms with Gasteiger partial charge < -0.3 is 4.90 Å². The second kappa shape index (κ2) is 6.71. The van der Waals surface area contributed by atoms with Crippen molar-refractivity contribution in [3.63, 3.8) is 0 Å². The average molecular weight is 392 g/mol. The molecule has 1 heterocycles. The lowest BCUT2D eigenvalue weighted by molar-refractivity contribution is 0.0748. The number of sulfone groups is 1. The van der Waals surface area contributed by atoms with Gasteiger partial charge in [-0.2, -0.15) is 11.8 Å². The highest BCUT2D eigenvalue weighted by Crippen LogP contribution is 2.25. The van der Waals surface area contributed by atoms with E-state index in [9.17, 15) is 13.2 Å². The summed E-state index contributed by atoms with van der Waals surface area (Å²) in [4.78, 5) is 14.3. The average Bonchev–Trinajstić information content (AvgIpc) is 2.49. The first-order valence-electron chi connectivity index (χ1n) is 6.73. The fourth-order valence-electron chi connectivity index (χ4n) is 2.28. The van der Waals surface area contributed by atoms with Crippen molar-refractivity contribution in [2.45, 2.75) is 19.2 Å². The predicted octanol–water partition coefficient (Wildman–Crippen LogP) is 2.71. The van der Waals surface area contributed by atoms with Gasteiger partial charge in [-0.05, 0) is 24.6 Å². The van der Waals surface area contributed by atoms with Crippen LogP contribution in [0.1, 0.15) is 22.8 Å². The molecule has 0 saturated carbocycles. The molecule has 1 fully saturated rings. The van der Waals surface area contributed by atoms with E-state index in [1.807, 2.05) is 19.1 Å². The van der Waals surface area contributed by atoms with Crippen LogP contribution in [-0.4, -0.2) is 48.4 Å². The van der Waals surface area contributed by atoms with Gasteiger partial charge in [-0.25, -0.2) is 8.42 Å². The molecular weight excluding hydrogens is 374 g/mol. The molecular formula is C14H18BrNO3S2. The molecule has 1 aromatic rings. The maximum atomic E-state index is 12.8. The Morgan fingerprint density at radius 3 is 2.86 bits per heavy atom. The van der Waals surface area contributed by atoms with Gasteiger partial charge in [0.1, 0.15) is 5.37 Å². The summed E-state index contributed by atoms with van der Waals surface area (Å²) in [6, 6.07) is 5.49. The van der Waals surface area contributed by atoms with Gasteiger partial charge in [0.25, 0.3) is 5.91 Å². The molecule has 1 aliphatic heterocycles. The molecule has 1 saturated heterocycles. The van der Waals surface area contributed by atoms with Gasteiger partial charge >= 0.3 is 0 Å². The number of rotatable bonds is 3. The van der Waals surface area contributed by atoms with Crippen molar-refractivity contribution in [1.29, 1.82) is 0 Å². The molecule has 0 bridgehead atoms. The van der Waals surface area contributed by atoms with E-state index in [-0.39, 0.29) is 11.7 Å². The van der Waals surface area contributed by atoms with Crippen LogP contribution in [0.4, 0.5) is 0 Å². The first kappa shape index (κ1) is 16.8. The molecule has 1 amide bonds. The minimum absolute atomic E-state index is 0.0550. The Balaban J connectivity index is 2.37. The van der Waals surface area contributed by atoms with Crippen molar-refractivity contribution in [3.05, 3.63) is 33.8 Å². The number of halogens is 1. The van der Waals surface area contributed by atoms with Crippen LogP contribution in [0.2, 0.25) is 0 Å². The van der Waals surface area contributed by atoms with E-state index in [0.717, 1.165) is 15.8 Å². The van der Waals surface area contributed by atoms with Crippen LogP contribution in [0.15, 0.2) is 22.7 Å². The first-order chi connectivity index (χ1) is 9.86. The summed E-state index contributed by atoms with van der Waals surface area (Å²) >= 11 is 4.95. The molecule has 1 aliphatic rings. The Morgan fingerprint density at radius 1 is 1.48 bits per heavy atom. The van der Waals surface area contributed by atoms with E-state index in [2.05, 4.69) is 15.9 Å². The Hall–Kier alpha value is -0.530. The molecule has 116 valence electrons. The number of nitrogens with zero attached hydrogens (tertiary/aromatic N) is 1. The van der Waals surface area contributed by atoms with Crippen LogP contribution in [0, 0.1) is 6.92 Å². The number of carbonyl (C=O) groups is 1. The van der Waals surface area contributed by atoms with Gasteiger partial charge in [-0.3, -0.25) is 4.79 Å². The second-order valence-electron chi connectivity index (χ2n) is 4.94. The van der Waals surface area contributed by atoms with Gasteiger partial charge in [0.2, 0.25) is 0 Å². The third kappa shape index (κ3) is 3.63. The fourth-order valence-corrected chi connectivity index (χ4v) is 5.61. The van der Waals surface area contributed by atoms with E-state index >= 15 is 0 Å². The molecule has 4 nitrogen and oxygen atoms in total. The van der Waals surface area contributed by atoms with E-state index < -0.39 is 15.2 Å². The number of carbonyl (C=O) groups excluding carboxylic acids is 1. The van der Waals surface area contributed by atoms with E-state index in [1.54, 1.807) is 24.8 Å². The standard InChI is InChI=1S/C14H18BrNO3S2/c1-3-21(18,19)13-9-20-7-6-16(13)14(17)12-8-11(15)5-4-10(12)2/h4-5,8,13H,3,6-7,9H2,1-2H3. The van der Waals surface area contributed by atoms with Crippen molar-refractivity contribution in [1.82, 2.24) is 4.90 Å². The van der Waals surface area contributed by atoms with Crippen molar-refractivity contribution in [2.24, 2.45) is 0 Å². The number of aryl methyl sites for hydroxylation is 1. The Bertz CT molecular complexity index is 646. The van der Waals surface area contributed by atoms with Gasteiger partial charge in [0.05, 0.1) is 0 Å². The highest BCUT2D eigenvalue weighted by atomic mass is 79.9. The molecule has 0 radical (unpaired) electrons. The van der Waals surface area contributed by atoms with Gasteiger partial charge in [-0.15, -0.1) is 0 Å². The zero-order valence-corrected chi connectivity index (χ0v) is 15.2. The molecule has 1 aromatic carbocycles. The number of hydrogen-bond acceptors (Lipinski definition) is 4. The zero-order valence-electron chi connectivity index (χ0n) is 12.0. The maximum Gasteiger partial charge on any atom is 0.255 e. The van der Waals surface area contributed by atoms with Crippen molar-refractivity contribution < 1.29 is 13.2 Å². The van der Waals surface area contributed by atoms with Crippen LogP contribution in [0.5, 0.6) is 0 Å². The normalized spacial score (nSPS) is 19.6. The minimum Gasteiger partial charge on any atom is -0.320 e. The lowest BCUT2D eigenvalue weighted by Gasteiger charge is -2.35. The van der Waals surface area contributed by atoms with Crippen molar-refractivity contribution >= 4 is 43.4 Å². The van der Waals surface area contributed by atoms with Crippen LogP contribution in [0.3, 0.4) is 0 Å². The molecule has 0 aliphatic carbocycles. The summed E-state index contributed by atoms with van der Waals surface area (Å²) in [7, 11) is -3.27. The van der Waals surface area contributed by atoms with Crippen LogP contribution in [0.25, 0.3) is 0 Å². The summed E-state index contributed by atoms with van der Waals surface area (Å²) in [6.45, 7) is 3.96. The fraction of sp³-hybridized carbons (Fsp3) is 0.500. The molecule has 21 heavy (non-hydrogen) atoms. The lowest BCUT2D eigenvalue weighted by atomic mass is 10.1. The smallest absolute Gasteiger partial charge is 0.255 e. The quantitative estimate of drug-likeness (QED) is 0.794. The monoisotopic (exact) mass is 391 g/mol. The van der Waals surface area contributed by atoms with E-state index in [4.69, 9.17) is 0 Å². The molecule has 0 N–H and O–H groups in total. The van der Waals surface area contributed by atoms with Gasteiger partial charge in [0, 0.05) is 33.8 Å². The molecule has 2 rings (SSSR count). The highest BCUT2D eigenvalue weighted by molar-refractivity contribution is 9.10. The van der Waals surface area contributed by atoms with E-state index in [1.165, 1.54) is 4.90 Å². The molecule has 0 spiro atoms. The van der Waals surface area contributed by atoms with Crippen LogP contribution < -0.4 is 0 Å². The van der Waals surface area contributed by atoms with Crippen molar-refractivity contribution in [2.75, 3.05) is 23.8 Å². The highest BCUT2D eigenvalue weighted by Gasteiger charge is 2.36. The number of amides is 1. The lowest BCUT2D eigenvalue weighted by Crippen LogP contribution is -2.50. The Labute approximate surface area is 138 Å². The van der Waals surface area contributed by atoms with Crippen LogP contribution in [-0.2, 0) is 9.84 Å². The summed E-state index contributed by atoms with van der Waals surface area (Å²) < 4.78 is 25.3. The molecule has 1 atom stereocenters. The largest absolute Gasteiger partial charge is 0.320 e. The van der Waals surface area contributed by atoms with Crippen LogP contribution >= 0.6 is 27.7 Å². The summed E-state index contributed by atoms with van der Waals surface area (Å²) in [5, 5.41) is -0.716. The van der Waals surface area contributed by atoms with Crippen molar-refractivity contribution in [3.8, 4) is 0 Å². The topological polar surface area (TPSA) is 54.5 Å². The third-order valence-electron chi connectivity index (χ3n) is 3.59. The Kier molecular flexibility index (Phi) is 5.38. The minimum atomic E-state index is -3.27. The summed E-state index contributed by atoms with van der Waals surface area (Å²) in [5.74, 6) is 1.08. The second-order valence-corrected chi connectivity index (χ2v) is 9.45. The summed E-state index contributed by atoms with van der Waals surface area (Å²) in [5.41, 5.74) is 1.42. The van der Waals surface area contributed by atoms with Gasteiger partial charge in [-0.1, -0.05) is 28.9 Å². The molecule has 0 aromatic heterocycles. The predicted molar refractivity (Wildman–Crippen MR) is 90.5 cm³/mol. The molecule has 1 unspecified atom stereocenters. The third-order valence-corrected chi connectivity index (χ3v) is 7.37. The zero-order chi connectivity index (χ0) is 15.6. The number of thioether (sulfide) groups is 1. The maximum absolute atomic E-state index is 12.8. The number of benzene rings is 1.